The van der Waals surface area contributed by atoms with Gasteiger partial charge in [0.2, 0.25) is 0 Å². The highest BCUT2D eigenvalue weighted by Gasteiger charge is 2.38. The van der Waals surface area contributed by atoms with Crippen molar-refractivity contribution >= 4 is 5.97 Å². The predicted octanol–water partition coefficient (Wildman–Crippen LogP) is 1.95. The zero-order valence-corrected chi connectivity index (χ0v) is 9.10. The second-order valence-electron chi connectivity index (χ2n) is 4.81. The molecule has 2 aliphatic rings. The largest absolute Gasteiger partial charge is 0.478 e. The number of carboxylic acids is 1. The molecule has 0 amide bonds. The van der Waals surface area contributed by atoms with Gasteiger partial charge in [-0.3, -0.25) is 4.90 Å². The van der Waals surface area contributed by atoms with E-state index in [9.17, 15) is 4.79 Å². The molecule has 0 radical (unpaired) electrons. The van der Waals surface area contributed by atoms with Gasteiger partial charge >= 0.3 is 5.97 Å². The van der Waals surface area contributed by atoms with Crippen molar-refractivity contribution in [3.63, 3.8) is 0 Å². The minimum absolute atomic E-state index is 0.377. The Balaban J connectivity index is 1.64. The van der Waals surface area contributed by atoms with Crippen LogP contribution in [0.5, 0.6) is 0 Å². The van der Waals surface area contributed by atoms with Gasteiger partial charge < -0.3 is 5.11 Å². The molecule has 1 saturated heterocycles. The molecule has 3 nitrogen and oxygen atoms in total. The Morgan fingerprint density at radius 1 is 1.19 bits per heavy atom. The molecule has 1 aromatic rings. The summed E-state index contributed by atoms with van der Waals surface area (Å²) in [5, 5.41) is 8.80. The van der Waals surface area contributed by atoms with Crippen molar-refractivity contribution in [2.75, 3.05) is 13.1 Å². The summed E-state index contributed by atoms with van der Waals surface area (Å²) in [5.74, 6) is -0.233. The Morgan fingerprint density at radius 3 is 2.31 bits per heavy atom. The topological polar surface area (TPSA) is 40.5 Å². The first kappa shape index (κ1) is 9.85. The van der Waals surface area contributed by atoms with Crippen LogP contribution in [-0.4, -0.2) is 35.1 Å². The number of rotatable bonds is 3. The molecule has 1 aliphatic heterocycles. The number of aromatic carboxylic acids is 1. The van der Waals surface area contributed by atoms with Crippen LogP contribution in [0.15, 0.2) is 24.3 Å². The highest BCUT2D eigenvalue weighted by Crippen LogP contribution is 2.36. The Labute approximate surface area is 94.7 Å². The van der Waals surface area contributed by atoms with Crippen molar-refractivity contribution in [3.05, 3.63) is 35.4 Å². The third-order valence-corrected chi connectivity index (χ3v) is 3.60. The van der Waals surface area contributed by atoms with E-state index >= 15 is 0 Å². The molecule has 0 atom stereocenters. The van der Waals surface area contributed by atoms with Gasteiger partial charge in [0.15, 0.2) is 0 Å². The number of hydrogen-bond acceptors (Lipinski definition) is 2. The Kier molecular flexibility index (Phi) is 2.21. The fourth-order valence-electron chi connectivity index (χ4n) is 2.36. The van der Waals surface area contributed by atoms with E-state index < -0.39 is 5.97 Å². The van der Waals surface area contributed by atoms with Gasteiger partial charge in [-0.15, -0.1) is 0 Å². The molecule has 1 aliphatic carbocycles. The number of hydrogen-bond donors (Lipinski definition) is 1. The van der Waals surface area contributed by atoms with Crippen LogP contribution in [0.4, 0.5) is 0 Å². The summed E-state index contributed by atoms with van der Waals surface area (Å²) < 4.78 is 0. The Morgan fingerprint density at radius 2 is 1.81 bits per heavy atom. The highest BCUT2D eigenvalue weighted by atomic mass is 16.4. The first-order valence-electron chi connectivity index (χ1n) is 5.81. The Bertz CT molecular complexity index is 402. The third kappa shape index (κ3) is 1.71. The van der Waals surface area contributed by atoms with Crippen molar-refractivity contribution in [1.29, 1.82) is 0 Å². The lowest BCUT2D eigenvalue weighted by Gasteiger charge is -2.39. The first-order chi connectivity index (χ1) is 7.74. The van der Waals surface area contributed by atoms with E-state index in [4.69, 9.17) is 5.11 Å². The molecule has 2 fully saturated rings. The molecule has 1 saturated carbocycles. The second kappa shape index (κ2) is 3.59. The van der Waals surface area contributed by atoms with Gasteiger partial charge in [0.05, 0.1) is 5.56 Å². The van der Waals surface area contributed by atoms with Gasteiger partial charge in [0.1, 0.15) is 0 Å². The quantitative estimate of drug-likeness (QED) is 0.841. The molecule has 0 unspecified atom stereocenters. The maximum Gasteiger partial charge on any atom is 0.335 e. The summed E-state index contributed by atoms with van der Waals surface area (Å²) in [7, 11) is 0. The van der Waals surface area contributed by atoms with Gasteiger partial charge in [-0.05, 0) is 30.5 Å². The molecule has 3 heteroatoms. The van der Waals surface area contributed by atoms with Gasteiger partial charge in [-0.1, -0.05) is 12.1 Å². The normalized spacial score (nSPS) is 21.8. The molecule has 84 valence electrons. The van der Waals surface area contributed by atoms with Crippen molar-refractivity contribution < 1.29 is 9.90 Å². The fraction of sp³-hybridized carbons (Fsp3) is 0.462. The molecule has 1 N–H and O–H groups in total. The molecular weight excluding hydrogens is 202 g/mol. The molecule has 1 heterocycles. The fourth-order valence-corrected chi connectivity index (χ4v) is 2.36. The summed E-state index contributed by atoms with van der Waals surface area (Å²) in [6.45, 7) is 2.30. The lowest BCUT2D eigenvalue weighted by Crippen LogP contribution is -2.46. The number of benzene rings is 1. The van der Waals surface area contributed by atoms with Gasteiger partial charge in [0, 0.05) is 25.0 Å². The first-order valence-corrected chi connectivity index (χ1v) is 5.81. The van der Waals surface area contributed by atoms with Crippen molar-refractivity contribution in [2.45, 2.75) is 24.8 Å². The minimum Gasteiger partial charge on any atom is -0.478 e. The van der Waals surface area contributed by atoms with Gasteiger partial charge in [-0.25, -0.2) is 4.79 Å². The van der Waals surface area contributed by atoms with Crippen LogP contribution in [-0.2, 0) is 0 Å². The third-order valence-electron chi connectivity index (χ3n) is 3.60. The number of carbonyl (C=O) groups is 1. The van der Waals surface area contributed by atoms with E-state index in [-0.39, 0.29) is 0 Å². The van der Waals surface area contributed by atoms with Crippen LogP contribution in [0.3, 0.4) is 0 Å². The molecule has 3 rings (SSSR count). The smallest absolute Gasteiger partial charge is 0.335 e. The van der Waals surface area contributed by atoms with Crippen LogP contribution in [0.2, 0.25) is 0 Å². The number of nitrogens with zero attached hydrogens (tertiary/aromatic N) is 1. The maximum atomic E-state index is 10.7. The second-order valence-corrected chi connectivity index (χ2v) is 4.81. The average molecular weight is 217 g/mol. The van der Waals surface area contributed by atoms with E-state index in [2.05, 4.69) is 4.90 Å². The van der Waals surface area contributed by atoms with E-state index in [1.54, 1.807) is 12.1 Å². The summed E-state index contributed by atoms with van der Waals surface area (Å²) >= 11 is 0. The highest BCUT2D eigenvalue weighted by molar-refractivity contribution is 5.87. The maximum absolute atomic E-state index is 10.7. The summed E-state index contributed by atoms with van der Waals surface area (Å²) in [5.41, 5.74) is 1.66. The number of likely N-dealkylation sites (tertiary alicyclic amines) is 1. The number of carboxylic acid groups (broad SMARTS) is 1. The molecule has 0 bridgehead atoms. The van der Waals surface area contributed by atoms with Gasteiger partial charge in [0.25, 0.3) is 0 Å². The van der Waals surface area contributed by atoms with Crippen molar-refractivity contribution in [3.8, 4) is 0 Å². The predicted molar refractivity (Wildman–Crippen MR) is 60.7 cm³/mol. The van der Waals surface area contributed by atoms with E-state index in [1.165, 1.54) is 18.4 Å². The molecule has 1 aromatic carbocycles. The SMILES string of the molecule is O=C(O)c1ccc(C2CN(C3CC3)C2)cc1. The van der Waals surface area contributed by atoms with Crippen LogP contribution in [0.1, 0.15) is 34.7 Å². The zero-order chi connectivity index (χ0) is 11.1. The van der Waals surface area contributed by atoms with Crippen molar-refractivity contribution in [1.82, 2.24) is 4.90 Å². The molecule has 0 spiro atoms. The van der Waals surface area contributed by atoms with E-state index in [0.717, 1.165) is 19.1 Å². The standard InChI is InChI=1S/C13H15NO2/c15-13(16)10-3-1-9(2-4-10)11-7-14(8-11)12-5-6-12/h1-4,11-12H,5-8H2,(H,15,16). The summed E-state index contributed by atoms with van der Waals surface area (Å²) in [4.78, 5) is 13.2. The van der Waals surface area contributed by atoms with Crippen LogP contribution in [0, 0.1) is 0 Å². The molecule has 16 heavy (non-hydrogen) atoms. The molecule has 0 aromatic heterocycles. The lowest BCUT2D eigenvalue weighted by molar-refractivity contribution is 0.0697. The van der Waals surface area contributed by atoms with E-state index in [0.29, 0.717) is 11.5 Å². The monoisotopic (exact) mass is 217 g/mol. The lowest BCUT2D eigenvalue weighted by atomic mass is 9.91. The molecular formula is C13H15NO2. The van der Waals surface area contributed by atoms with Gasteiger partial charge in [-0.2, -0.15) is 0 Å². The Hall–Kier alpha value is -1.35. The van der Waals surface area contributed by atoms with Crippen LogP contribution < -0.4 is 0 Å². The van der Waals surface area contributed by atoms with E-state index in [1.807, 2.05) is 12.1 Å². The zero-order valence-electron chi connectivity index (χ0n) is 9.10. The summed E-state index contributed by atoms with van der Waals surface area (Å²) in [6, 6.07) is 8.18. The minimum atomic E-state index is -0.847. The van der Waals surface area contributed by atoms with Crippen LogP contribution >= 0.6 is 0 Å². The average Bonchev–Trinajstić information content (AvgIpc) is 3.00. The summed E-state index contributed by atoms with van der Waals surface area (Å²) in [6.07, 6.45) is 2.73. The van der Waals surface area contributed by atoms with Crippen LogP contribution in [0.25, 0.3) is 0 Å². The van der Waals surface area contributed by atoms with Crippen molar-refractivity contribution in [2.24, 2.45) is 0 Å².